The Kier molecular flexibility index (Phi) is 3.46. The number of ether oxygens (including phenoxy) is 1. The molecule has 1 aromatic heterocycles. The number of nitrogen functional groups attached to an aromatic ring is 1. The van der Waals surface area contributed by atoms with E-state index in [0.717, 1.165) is 6.07 Å². The number of hydrogen-bond donors (Lipinski definition) is 3. The normalized spacial score (nSPS) is 9.95. The summed E-state index contributed by atoms with van der Waals surface area (Å²) in [4.78, 5) is 14.2. The van der Waals surface area contributed by atoms with Gasteiger partial charge in [-0.1, -0.05) is 0 Å². The Bertz CT molecular complexity index is 619. The molecule has 0 fully saturated rings. The van der Waals surface area contributed by atoms with Crippen LogP contribution in [0.5, 0.6) is 11.5 Å². The second-order valence-corrected chi connectivity index (χ2v) is 3.59. The Hall–Kier alpha value is -2.83. The quantitative estimate of drug-likeness (QED) is 0.790. The maximum Gasteiger partial charge on any atom is 0.409 e. The molecule has 1 amide bonds. The molecule has 1 heterocycles. The Morgan fingerprint density at radius 1 is 1.37 bits per heavy atom. The fourth-order valence-corrected chi connectivity index (χ4v) is 1.40. The monoisotopic (exact) mass is 263 g/mol. The third-order valence-electron chi connectivity index (χ3n) is 2.16. The van der Waals surface area contributed by atoms with Crippen molar-refractivity contribution in [3.05, 3.63) is 42.3 Å². The van der Waals surface area contributed by atoms with E-state index < -0.39 is 11.9 Å². The minimum absolute atomic E-state index is 0.0402. The Labute approximate surface area is 107 Å². The van der Waals surface area contributed by atoms with Gasteiger partial charge in [-0.3, -0.25) is 5.32 Å². The molecule has 0 radical (unpaired) electrons. The molecular formula is C12H10FN3O3. The van der Waals surface area contributed by atoms with Gasteiger partial charge < -0.3 is 15.6 Å². The molecular weight excluding hydrogens is 253 g/mol. The zero-order valence-corrected chi connectivity index (χ0v) is 9.63. The average molecular weight is 263 g/mol. The van der Waals surface area contributed by atoms with Crippen LogP contribution in [0.3, 0.4) is 0 Å². The summed E-state index contributed by atoms with van der Waals surface area (Å²) in [5.74, 6) is -0.143. The van der Waals surface area contributed by atoms with Crippen LogP contribution in [0.25, 0.3) is 0 Å². The molecule has 0 aliphatic heterocycles. The first-order valence-corrected chi connectivity index (χ1v) is 5.23. The van der Waals surface area contributed by atoms with Crippen LogP contribution in [-0.2, 0) is 0 Å². The van der Waals surface area contributed by atoms with Crippen LogP contribution < -0.4 is 15.8 Å². The molecule has 0 bridgehead atoms. The van der Waals surface area contributed by atoms with Crippen LogP contribution in [0.1, 0.15) is 0 Å². The molecule has 0 saturated heterocycles. The summed E-state index contributed by atoms with van der Waals surface area (Å²) in [5.41, 5.74) is 5.59. The van der Waals surface area contributed by atoms with Gasteiger partial charge in [0, 0.05) is 24.0 Å². The second-order valence-electron chi connectivity index (χ2n) is 3.59. The van der Waals surface area contributed by atoms with E-state index in [4.69, 9.17) is 15.6 Å². The molecule has 4 N–H and O–H groups in total. The van der Waals surface area contributed by atoms with Crippen LogP contribution in [0.4, 0.5) is 20.7 Å². The number of amides is 1. The molecule has 0 aliphatic carbocycles. The summed E-state index contributed by atoms with van der Waals surface area (Å²) >= 11 is 0. The van der Waals surface area contributed by atoms with E-state index in [1.54, 1.807) is 0 Å². The Morgan fingerprint density at radius 3 is 2.79 bits per heavy atom. The van der Waals surface area contributed by atoms with Gasteiger partial charge in [-0.15, -0.1) is 0 Å². The molecule has 0 spiro atoms. The lowest BCUT2D eigenvalue weighted by Crippen LogP contribution is -2.07. The van der Waals surface area contributed by atoms with Gasteiger partial charge in [0.05, 0.1) is 0 Å². The molecule has 2 rings (SSSR count). The minimum atomic E-state index is -1.27. The molecule has 0 unspecified atom stereocenters. The fraction of sp³-hybridized carbons (Fsp3) is 0. The number of nitrogens with zero attached hydrogens (tertiary/aromatic N) is 1. The van der Waals surface area contributed by atoms with E-state index in [1.807, 2.05) is 5.32 Å². The minimum Gasteiger partial charge on any atom is -0.465 e. The van der Waals surface area contributed by atoms with Crippen LogP contribution in [0.15, 0.2) is 36.5 Å². The molecule has 6 nitrogen and oxygen atoms in total. The largest absolute Gasteiger partial charge is 0.465 e. The maximum absolute atomic E-state index is 13.7. The van der Waals surface area contributed by atoms with Crippen molar-refractivity contribution in [3.63, 3.8) is 0 Å². The highest BCUT2D eigenvalue weighted by atomic mass is 19.1. The first kappa shape index (κ1) is 12.6. The van der Waals surface area contributed by atoms with Crippen LogP contribution in [0.2, 0.25) is 0 Å². The number of pyridine rings is 1. The zero-order valence-electron chi connectivity index (χ0n) is 9.63. The molecule has 0 saturated carbocycles. The number of anilines is 2. The number of nitrogens with one attached hydrogen (secondary N) is 1. The zero-order chi connectivity index (χ0) is 13.8. The van der Waals surface area contributed by atoms with Crippen molar-refractivity contribution in [3.8, 4) is 11.5 Å². The van der Waals surface area contributed by atoms with Crippen molar-refractivity contribution in [1.82, 2.24) is 4.98 Å². The van der Waals surface area contributed by atoms with E-state index >= 15 is 0 Å². The highest BCUT2D eigenvalue weighted by molar-refractivity contribution is 5.82. The highest BCUT2D eigenvalue weighted by Gasteiger charge is 2.08. The highest BCUT2D eigenvalue weighted by Crippen LogP contribution is 2.27. The first-order valence-electron chi connectivity index (χ1n) is 5.23. The summed E-state index contributed by atoms with van der Waals surface area (Å²) in [6.07, 6.45) is 0.165. The van der Waals surface area contributed by atoms with Gasteiger partial charge in [0.1, 0.15) is 11.6 Å². The summed E-state index contributed by atoms with van der Waals surface area (Å²) in [6.45, 7) is 0. The molecule has 7 heteroatoms. The summed E-state index contributed by atoms with van der Waals surface area (Å²) in [7, 11) is 0. The molecule has 0 atom stereocenters. The lowest BCUT2D eigenvalue weighted by Gasteiger charge is -2.08. The van der Waals surface area contributed by atoms with E-state index in [-0.39, 0.29) is 17.3 Å². The second kappa shape index (κ2) is 5.21. The van der Waals surface area contributed by atoms with Crippen molar-refractivity contribution >= 4 is 17.6 Å². The third kappa shape index (κ3) is 3.32. The van der Waals surface area contributed by atoms with Crippen molar-refractivity contribution < 1.29 is 19.0 Å². The number of rotatable bonds is 3. The maximum atomic E-state index is 13.7. The van der Waals surface area contributed by atoms with E-state index in [9.17, 15) is 9.18 Å². The SMILES string of the molecule is Nc1cc(Oc2ccc(NC(=O)O)cc2F)ccn1. The number of carboxylic acid groups (broad SMARTS) is 1. The van der Waals surface area contributed by atoms with Crippen molar-refractivity contribution in [2.45, 2.75) is 0 Å². The number of benzene rings is 1. The summed E-state index contributed by atoms with van der Waals surface area (Å²) in [6, 6.07) is 6.70. The Morgan fingerprint density at radius 2 is 2.16 bits per heavy atom. The van der Waals surface area contributed by atoms with E-state index in [1.165, 1.54) is 30.5 Å². The molecule has 98 valence electrons. The topological polar surface area (TPSA) is 97.5 Å². The van der Waals surface area contributed by atoms with Crippen LogP contribution in [-0.4, -0.2) is 16.2 Å². The smallest absolute Gasteiger partial charge is 0.409 e. The number of halogens is 1. The van der Waals surface area contributed by atoms with Gasteiger partial charge in [-0.05, 0) is 18.2 Å². The lowest BCUT2D eigenvalue weighted by molar-refractivity contribution is 0.209. The molecule has 0 aliphatic rings. The first-order chi connectivity index (χ1) is 9.04. The number of carbonyl (C=O) groups is 1. The summed E-state index contributed by atoms with van der Waals surface area (Å²) < 4.78 is 19.0. The van der Waals surface area contributed by atoms with E-state index in [0.29, 0.717) is 5.75 Å². The summed E-state index contributed by atoms with van der Waals surface area (Å²) in [5, 5.41) is 10.5. The number of aromatic nitrogens is 1. The van der Waals surface area contributed by atoms with Gasteiger partial charge in [-0.25, -0.2) is 14.2 Å². The fourth-order valence-electron chi connectivity index (χ4n) is 1.40. The Balaban J connectivity index is 2.19. The molecule has 2 aromatic rings. The number of nitrogens with two attached hydrogens (primary N) is 1. The standard InChI is InChI=1S/C12H10FN3O3/c13-9-5-7(16-12(17)18)1-2-10(9)19-8-3-4-15-11(14)6-8/h1-6,16H,(H2,14,15)(H,17,18). The van der Waals surface area contributed by atoms with Crippen LogP contribution >= 0.6 is 0 Å². The van der Waals surface area contributed by atoms with Crippen molar-refractivity contribution in [1.29, 1.82) is 0 Å². The molecule has 19 heavy (non-hydrogen) atoms. The predicted molar refractivity (Wildman–Crippen MR) is 66.8 cm³/mol. The third-order valence-corrected chi connectivity index (χ3v) is 2.16. The number of hydrogen-bond acceptors (Lipinski definition) is 4. The van der Waals surface area contributed by atoms with Gasteiger partial charge >= 0.3 is 6.09 Å². The van der Waals surface area contributed by atoms with Crippen LogP contribution in [0, 0.1) is 5.82 Å². The van der Waals surface area contributed by atoms with Crippen molar-refractivity contribution in [2.75, 3.05) is 11.1 Å². The van der Waals surface area contributed by atoms with Gasteiger partial charge in [0.25, 0.3) is 0 Å². The van der Waals surface area contributed by atoms with Gasteiger partial charge in [0.2, 0.25) is 0 Å². The van der Waals surface area contributed by atoms with Crippen molar-refractivity contribution in [2.24, 2.45) is 0 Å². The van der Waals surface area contributed by atoms with E-state index in [2.05, 4.69) is 4.98 Å². The van der Waals surface area contributed by atoms with Gasteiger partial charge in [0.15, 0.2) is 11.6 Å². The lowest BCUT2D eigenvalue weighted by atomic mass is 10.3. The van der Waals surface area contributed by atoms with Gasteiger partial charge in [-0.2, -0.15) is 0 Å². The molecule has 1 aromatic carbocycles. The average Bonchev–Trinajstić information content (AvgIpc) is 2.32. The predicted octanol–water partition coefficient (Wildman–Crippen LogP) is 2.69.